The Kier molecular flexibility index (Phi) is 13.1. The van der Waals surface area contributed by atoms with Gasteiger partial charge in [0, 0.05) is 11.4 Å². The number of rotatable bonds is 1. The molecule has 0 radical (unpaired) electrons. The summed E-state index contributed by atoms with van der Waals surface area (Å²) >= 11 is 3.15. The number of carbonyl (C=O) groups is 1. The van der Waals surface area contributed by atoms with E-state index in [0.29, 0.717) is 0 Å². The normalized spacial score (nSPS) is 6.25. The number of aliphatic carboxylic acids is 1. The zero-order valence-corrected chi connectivity index (χ0v) is 6.31. The van der Waals surface area contributed by atoms with Gasteiger partial charge < -0.3 is 5.11 Å². The Morgan fingerprint density at radius 3 is 2.12 bits per heavy atom. The maximum Gasteiger partial charge on any atom is 0.327 e. The summed E-state index contributed by atoms with van der Waals surface area (Å²) in [5.74, 6) is -0.981. The van der Waals surface area contributed by atoms with Crippen molar-refractivity contribution in [2.24, 2.45) is 0 Å². The molecule has 0 aromatic rings. The molecule has 8 heavy (non-hydrogen) atoms. The predicted octanol–water partition coefficient (Wildman–Crippen LogP) is 1.66. The van der Waals surface area contributed by atoms with Crippen LogP contribution in [0.2, 0.25) is 0 Å². The number of carboxylic acid groups (broad SMARTS) is 1. The van der Waals surface area contributed by atoms with Crippen LogP contribution >= 0.6 is 15.9 Å². The van der Waals surface area contributed by atoms with Gasteiger partial charge in [-0.15, -0.1) is 0 Å². The molecule has 0 unspecified atom stereocenters. The van der Waals surface area contributed by atoms with Gasteiger partial charge in [-0.05, 0) is 0 Å². The topological polar surface area (TPSA) is 37.3 Å². The zero-order valence-electron chi connectivity index (χ0n) is 4.72. The van der Waals surface area contributed by atoms with Gasteiger partial charge in [-0.3, -0.25) is 0 Å². The van der Waals surface area contributed by atoms with Gasteiger partial charge in [-0.1, -0.05) is 29.4 Å². The Labute approximate surface area is 57.3 Å². The summed E-state index contributed by atoms with van der Waals surface area (Å²) in [6, 6.07) is 0. The van der Waals surface area contributed by atoms with Crippen LogP contribution in [0, 0.1) is 0 Å². The monoisotopic (exact) mass is 180 g/mol. The predicted molar refractivity (Wildman–Crippen MR) is 37.3 cm³/mol. The molecule has 0 aromatic heterocycles. The standard InChI is InChI=1S/C3H4O2.C2H5Br/c1-2-3(4)5;1-2-3/h2H,1H2,(H,4,5);2H2,1H3. The van der Waals surface area contributed by atoms with Gasteiger partial charge in [0.25, 0.3) is 0 Å². The first-order valence-corrected chi connectivity index (χ1v) is 3.22. The van der Waals surface area contributed by atoms with Crippen LogP contribution in [0.3, 0.4) is 0 Å². The minimum atomic E-state index is -0.981. The van der Waals surface area contributed by atoms with E-state index in [1.807, 2.05) is 6.92 Å². The summed E-state index contributed by atoms with van der Waals surface area (Å²) < 4.78 is 0. The fourth-order valence-electron chi connectivity index (χ4n) is 0. The second-order valence-electron chi connectivity index (χ2n) is 0.810. The Morgan fingerprint density at radius 2 is 2.12 bits per heavy atom. The van der Waals surface area contributed by atoms with Gasteiger partial charge in [-0.25, -0.2) is 4.79 Å². The first-order valence-electron chi connectivity index (χ1n) is 2.10. The summed E-state index contributed by atoms with van der Waals surface area (Å²) in [6.45, 7) is 5.00. The van der Waals surface area contributed by atoms with Crippen LogP contribution < -0.4 is 0 Å². The van der Waals surface area contributed by atoms with Crippen LogP contribution in [-0.4, -0.2) is 16.4 Å². The van der Waals surface area contributed by atoms with Gasteiger partial charge >= 0.3 is 5.97 Å². The van der Waals surface area contributed by atoms with Crippen molar-refractivity contribution < 1.29 is 9.90 Å². The molecular weight excluding hydrogens is 172 g/mol. The molecule has 0 saturated heterocycles. The molecule has 0 spiro atoms. The summed E-state index contributed by atoms with van der Waals surface area (Å²) in [7, 11) is 0. The average molecular weight is 181 g/mol. The van der Waals surface area contributed by atoms with Crippen LogP contribution in [0.25, 0.3) is 0 Å². The Hall–Kier alpha value is -0.310. The first-order chi connectivity index (χ1) is 3.68. The molecule has 3 heteroatoms. The van der Waals surface area contributed by atoms with Crippen molar-refractivity contribution in [3.8, 4) is 0 Å². The minimum Gasteiger partial charge on any atom is -0.478 e. The van der Waals surface area contributed by atoms with E-state index in [2.05, 4.69) is 22.5 Å². The number of hydrogen-bond donors (Lipinski definition) is 1. The molecule has 2 nitrogen and oxygen atoms in total. The van der Waals surface area contributed by atoms with Gasteiger partial charge in [0.05, 0.1) is 0 Å². The number of halogens is 1. The molecule has 0 fully saturated rings. The number of alkyl halides is 1. The lowest BCUT2D eigenvalue weighted by Gasteiger charge is -1.64. The third-order valence-corrected chi connectivity index (χ3v) is 0.175. The maximum atomic E-state index is 9.25. The molecule has 0 saturated carbocycles. The Morgan fingerprint density at radius 1 is 2.00 bits per heavy atom. The van der Waals surface area contributed by atoms with Crippen LogP contribution in [0.15, 0.2) is 12.7 Å². The minimum absolute atomic E-state index is 0.833. The van der Waals surface area contributed by atoms with Gasteiger partial charge in [0.2, 0.25) is 0 Å². The van der Waals surface area contributed by atoms with Crippen molar-refractivity contribution in [3.05, 3.63) is 12.7 Å². The molecule has 1 N–H and O–H groups in total. The molecule has 0 bridgehead atoms. The average Bonchev–Trinajstić information content (AvgIpc) is 1.69. The third-order valence-electron chi connectivity index (χ3n) is 0.175. The lowest BCUT2D eigenvalue weighted by Crippen LogP contribution is -1.82. The van der Waals surface area contributed by atoms with Gasteiger partial charge in [-0.2, -0.15) is 0 Å². The molecule has 0 atom stereocenters. The Balaban J connectivity index is 0. The van der Waals surface area contributed by atoms with Crippen molar-refractivity contribution in [3.63, 3.8) is 0 Å². The molecule has 0 aliphatic carbocycles. The summed E-state index contributed by atoms with van der Waals surface area (Å²) in [6.07, 6.45) is 0.833. The Bertz CT molecular complexity index is 70.8. The smallest absolute Gasteiger partial charge is 0.327 e. The molecule has 0 aliphatic heterocycles. The third kappa shape index (κ3) is 43.8. The largest absolute Gasteiger partial charge is 0.478 e. The van der Waals surface area contributed by atoms with Crippen molar-refractivity contribution >= 4 is 21.9 Å². The molecule has 0 amide bonds. The number of carboxylic acids is 1. The highest BCUT2D eigenvalue weighted by atomic mass is 79.9. The van der Waals surface area contributed by atoms with E-state index in [1.54, 1.807) is 0 Å². The second-order valence-corrected chi connectivity index (χ2v) is 1.93. The van der Waals surface area contributed by atoms with Crippen molar-refractivity contribution in [1.82, 2.24) is 0 Å². The molecule has 0 aromatic carbocycles. The molecule has 0 heterocycles. The van der Waals surface area contributed by atoms with Gasteiger partial charge in [0.1, 0.15) is 0 Å². The fourth-order valence-corrected chi connectivity index (χ4v) is 0. The van der Waals surface area contributed by atoms with E-state index in [4.69, 9.17) is 5.11 Å². The maximum absolute atomic E-state index is 9.25. The zero-order chi connectivity index (χ0) is 6.99. The lowest BCUT2D eigenvalue weighted by atomic mass is 10.7. The highest BCUT2D eigenvalue weighted by Gasteiger charge is 1.73. The highest BCUT2D eigenvalue weighted by molar-refractivity contribution is 9.09. The van der Waals surface area contributed by atoms with E-state index in [1.165, 1.54) is 0 Å². The van der Waals surface area contributed by atoms with Crippen molar-refractivity contribution in [2.75, 3.05) is 5.33 Å². The van der Waals surface area contributed by atoms with Crippen LogP contribution in [0.4, 0.5) is 0 Å². The van der Waals surface area contributed by atoms with Crippen LogP contribution in [0.5, 0.6) is 0 Å². The van der Waals surface area contributed by atoms with Gasteiger partial charge in [0.15, 0.2) is 0 Å². The second kappa shape index (κ2) is 9.85. The van der Waals surface area contributed by atoms with E-state index in [0.717, 1.165) is 11.4 Å². The quantitative estimate of drug-likeness (QED) is 0.493. The first kappa shape index (κ1) is 10.6. The molecule has 0 rings (SSSR count). The molecule has 48 valence electrons. The highest BCUT2D eigenvalue weighted by Crippen LogP contribution is 1.67. The van der Waals surface area contributed by atoms with E-state index >= 15 is 0 Å². The van der Waals surface area contributed by atoms with Crippen molar-refractivity contribution in [2.45, 2.75) is 6.92 Å². The summed E-state index contributed by atoms with van der Waals surface area (Å²) in [4.78, 5) is 9.25. The van der Waals surface area contributed by atoms with Crippen molar-refractivity contribution in [1.29, 1.82) is 0 Å². The number of hydrogen-bond acceptors (Lipinski definition) is 1. The summed E-state index contributed by atoms with van der Waals surface area (Å²) in [5, 5.41) is 8.67. The molecular formula is C5H9BrO2. The summed E-state index contributed by atoms with van der Waals surface area (Å²) in [5.41, 5.74) is 0. The van der Waals surface area contributed by atoms with Crippen LogP contribution in [0.1, 0.15) is 6.92 Å². The SMILES string of the molecule is C=CC(=O)O.CCBr. The molecule has 0 aliphatic rings. The van der Waals surface area contributed by atoms with E-state index < -0.39 is 5.97 Å². The van der Waals surface area contributed by atoms with E-state index in [9.17, 15) is 4.79 Å². The lowest BCUT2D eigenvalue weighted by molar-refractivity contribution is -0.131. The van der Waals surface area contributed by atoms with Crippen LogP contribution in [-0.2, 0) is 4.79 Å². The fraction of sp³-hybridized carbons (Fsp3) is 0.400. The van der Waals surface area contributed by atoms with E-state index in [-0.39, 0.29) is 0 Å².